The molecule has 0 spiro atoms. The lowest BCUT2D eigenvalue weighted by molar-refractivity contribution is 0.133. The van der Waals surface area contributed by atoms with E-state index in [9.17, 15) is 0 Å². The van der Waals surface area contributed by atoms with Gasteiger partial charge in [0.15, 0.2) is 0 Å². The van der Waals surface area contributed by atoms with Gasteiger partial charge < -0.3 is 5.32 Å². The number of hydrogen-bond acceptors (Lipinski definition) is 2. The van der Waals surface area contributed by atoms with Gasteiger partial charge in [-0.2, -0.15) is 0 Å². The van der Waals surface area contributed by atoms with Crippen LogP contribution >= 0.6 is 0 Å². The van der Waals surface area contributed by atoms with Crippen LogP contribution in [0.15, 0.2) is 0 Å². The van der Waals surface area contributed by atoms with Gasteiger partial charge in [0.25, 0.3) is 0 Å². The predicted molar refractivity (Wildman–Crippen MR) is 78.9 cm³/mol. The maximum atomic E-state index is 3.62. The van der Waals surface area contributed by atoms with Crippen molar-refractivity contribution in [3.63, 3.8) is 0 Å². The van der Waals surface area contributed by atoms with Crippen LogP contribution in [0, 0.1) is 5.92 Å². The largest absolute Gasteiger partial charge is 0.312 e. The fraction of sp³-hybridized carbons (Fsp3) is 1.00. The molecule has 0 aromatic heterocycles. The summed E-state index contributed by atoms with van der Waals surface area (Å²) in [4.78, 5) is 2.81. The maximum Gasteiger partial charge on any atom is 0.0127 e. The minimum Gasteiger partial charge on any atom is -0.312 e. The topological polar surface area (TPSA) is 15.3 Å². The molecule has 1 heterocycles. The summed E-state index contributed by atoms with van der Waals surface area (Å²) in [6, 6.07) is 1.68. The van der Waals surface area contributed by atoms with Crippen LogP contribution in [0.4, 0.5) is 0 Å². The van der Waals surface area contributed by atoms with Gasteiger partial charge in [0.2, 0.25) is 0 Å². The summed E-state index contributed by atoms with van der Waals surface area (Å²) in [7, 11) is 0. The van der Waals surface area contributed by atoms with Crippen LogP contribution in [-0.2, 0) is 0 Å². The molecular weight excluding hydrogens is 220 g/mol. The van der Waals surface area contributed by atoms with Gasteiger partial charge in [0.1, 0.15) is 0 Å². The highest BCUT2D eigenvalue weighted by Crippen LogP contribution is 2.37. The fourth-order valence-electron chi connectivity index (χ4n) is 3.81. The second-order valence-corrected chi connectivity index (χ2v) is 7.45. The standard InChI is InChI=1S/C16H32N2/c1-13(9-11-17-16(2,3)4)18-12-10-14-7-5-6-8-15(14)18/h13-15,17H,5-12H2,1-4H3. The monoisotopic (exact) mass is 252 g/mol. The van der Waals surface area contributed by atoms with Gasteiger partial charge in [-0.15, -0.1) is 0 Å². The molecule has 1 saturated carbocycles. The summed E-state index contributed by atoms with van der Waals surface area (Å²) in [5, 5.41) is 3.62. The minimum absolute atomic E-state index is 0.262. The first-order chi connectivity index (χ1) is 8.47. The average Bonchev–Trinajstić information content (AvgIpc) is 2.70. The smallest absolute Gasteiger partial charge is 0.0127 e. The van der Waals surface area contributed by atoms with Crippen molar-refractivity contribution in [2.45, 2.75) is 83.8 Å². The Morgan fingerprint density at radius 2 is 1.89 bits per heavy atom. The Bertz CT molecular complexity index is 256. The molecule has 1 aliphatic heterocycles. The van der Waals surface area contributed by atoms with Crippen molar-refractivity contribution in [1.82, 2.24) is 10.2 Å². The van der Waals surface area contributed by atoms with E-state index in [1.807, 2.05) is 0 Å². The normalized spacial score (nSPS) is 31.3. The molecule has 0 amide bonds. The molecule has 2 rings (SSSR count). The van der Waals surface area contributed by atoms with Gasteiger partial charge in [-0.25, -0.2) is 0 Å². The van der Waals surface area contributed by atoms with Crippen molar-refractivity contribution >= 4 is 0 Å². The summed E-state index contributed by atoms with van der Waals surface area (Å²) >= 11 is 0. The highest BCUT2D eigenvalue weighted by atomic mass is 15.2. The molecule has 2 nitrogen and oxygen atoms in total. The van der Waals surface area contributed by atoms with E-state index in [1.165, 1.54) is 45.1 Å². The third-order valence-electron chi connectivity index (χ3n) is 4.84. The van der Waals surface area contributed by atoms with E-state index >= 15 is 0 Å². The van der Waals surface area contributed by atoms with Crippen LogP contribution in [0.1, 0.15) is 66.2 Å². The fourth-order valence-corrected chi connectivity index (χ4v) is 3.81. The molecule has 0 radical (unpaired) electrons. The van der Waals surface area contributed by atoms with Crippen molar-refractivity contribution in [3.8, 4) is 0 Å². The SMILES string of the molecule is CC(CCNC(C)(C)C)N1CCC2CCCCC21. The van der Waals surface area contributed by atoms with Crippen LogP contribution in [0.25, 0.3) is 0 Å². The highest BCUT2D eigenvalue weighted by Gasteiger charge is 2.37. The first kappa shape index (κ1) is 14.3. The van der Waals surface area contributed by atoms with E-state index in [-0.39, 0.29) is 5.54 Å². The Morgan fingerprint density at radius 1 is 1.17 bits per heavy atom. The first-order valence-electron chi connectivity index (χ1n) is 7.98. The Balaban J connectivity index is 1.77. The lowest BCUT2D eigenvalue weighted by Gasteiger charge is -2.36. The highest BCUT2D eigenvalue weighted by molar-refractivity contribution is 4.92. The molecule has 18 heavy (non-hydrogen) atoms. The molecule has 3 atom stereocenters. The summed E-state index contributed by atoms with van der Waals surface area (Å²) in [5.74, 6) is 1.02. The summed E-state index contributed by atoms with van der Waals surface area (Å²) < 4.78 is 0. The first-order valence-corrected chi connectivity index (χ1v) is 7.98. The van der Waals surface area contributed by atoms with Gasteiger partial charge in [-0.05, 0) is 72.4 Å². The zero-order valence-electron chi connectivity index (χ0n) is 12.8. The minimum atomic E-state index is 0.262. The zero-order chi connectivity index (χ0) is 13.2. The van der Waals surface area contributed by atoms with Crippen LogP contribution in [0.5, 0.6) is 0 Å². The lowest BCUT2D eigenvalue weighted by Crippen LogP contribution is -2.43. The van der Waals surface area contributed by atoms with Crippen LogP contribution in [0.2, 0.25) is 0 Å². The van der Waals surface area contributed by atoms with E-state index in [4.69, 9.17) is 0 Å². The van der Waals surface area contributed by atoms with E-state index in [2.05, 4.69) is 37.9 Å². The summed E-state index contributed by atoms with van der Waals surface area (Å²) in [6.45, 7) is 11.7. The Morgan fingerprint density at radius 3 is 2.61 bits per heavy atom. The van der Waals surface area contributed by atoms with Gasteiger partial charge >= 0.3 is 0 Å². The number of rotatable bonds is 4. The summed E-state index contributed by atoms with van der Waals surface area (Å²) in [5.41, 5.74) is 0.262. The molecule has 1 saturated heterocycles. The van der Waals surface area contributed by atoms with E-state index in [0.717, 1.165) is 24.5 Å². The van der Waals surface area contributed by atoms with E-state index in [1.54, 1.807) is 0 Å². The van der Waals surface area contributed by atoms with Gasteiger partial charge in [-0.3, -0.25) is 4.90 Å². The van der Waals surface area contributed by atoms with Crippen molar-refractivity contribution in [2.75, 3.05) is 13.1 Å². The van der Waals surface area contributed by atoms with Crippen LogP contribution in [0.3, 0.4) is 0 Å². The number of likely N-dealkylation sites (tertiary alicyclic amines) is 1. The van der Waals surface area contributed by atoms with Crippen LogP contribution in [-0.4, -0.2) is 35.6 Å². The molecule has 0 bridgehead atoms. The quantitative estimate of drug-likeness (QED) is 0.825. The summed E-state index contributed by atoms with van der Waals surface area (Å²) in [6.07, 6.45) is 8.65. The molecule has 1 aliphatic carbocycles. The molecule has 106 valence electrons. The van der Waals surface area contributed by atoms with Crippen molar-refractivity contribution in [2.24, 2.45) is 5.92 Å². The second kappa shape index (κ2) is 5.92. The van der Waals surface area contributed by atoms with Crippen molar-refractivity contribution < 1.29 is 0 Å². The molecule has 1 N–H and O–H groups in total. The number of hydrogen-bond donors (Lipinski definition) is 1. The Labute approximate surface area is 114 Å². The number of fused-ring (bicyclic) bond motifs is 1. The lowest BCUT2D eigenvalue weighted by atomic mass is 9.85. The predicted octanol–water partition coefficient (Wildman–Crippen LogP) is 3.42. The number of nitrogens with one attached hydrogen (secondary N) is 1. The molecule has 0 aromatic rings. The van der Waals surface area contributed by atoms with E-state index < -0.39 is 0 Å². The third kappa shape index (κ3) is 3.71. The van der Waals surface area contributed by atoms with Gasteiger partial charge in [0, 0.05) is 17.6 Å². The Hall–Kier alpha value is -0.0800. The molecule has 2 fully saturated rings. The molecule has 2 aliphatic rings. The van der Waals surface area contributed by atoms with Crippen LogP contribution < -0.4 is 5.32 Å². The number of nitrogens with zero attached hydrogens (tertiary/aromatic N) is 1. The van der Waals surface area contributed by atoms with Crippen molar-refractivity contribution in [3.05, 3.63) is 0 Å². The third-order valence-corrected chi connectivity index (χ3v) is 4.84. The molecule has 3 unspecified atom stereocenters. The maximum absolute atomic E-state index is 3.62. The zero-order valence-corrected chi connectivity index (χ0v) is 12.8. The molecule has 0 aromatic carbocycles. The average molecular weight is 252 g/mol. The molecular formula is C16H32N2. The molecule has 2 heteroatoms. The van der Waals surface area contributed by atoms with Gasteiger partial charge in [0.05, 0.1) is 0 Å². The van der Waals surface area contributed by atoms with Gasteiger partial charge in [-0.1, -0.05) is 12.8 Å². The van der Waals surface area contributed by atoms with E-state index in [0.29, 0.717) is 0 Å². The Kier molecular flexibility index (Phi) is 4.71. The van der Waals surface area contributed by atoms with Crippen molar-refractivity contribution in [1.29, 1.82) is 0 Å². The second-order valence-electron chi connectivity index (χ2n) is 7.45.